The number of esters is 1. The zero-order valence-corrected chi connectivity index (χ0v) is 12.6. The number of rotatable bonds is 12. The molecule has 0 atom stereocenters. The highest BCUT2D eigenvalue weighted by atomic mass is 16.5. The van der Waals surface area contributed by atoms with Crippen molar-refractivity contribution in [1.29, 1.82) is 0 Å². The number of carbonyl (C=O) groups is 1. The lowest BCUT2D eigenvalue weighted by Gasteiger charge is -1.98. The molecular weight excluding hydrogens is 252 g/mol. The molecule has 0 aliphatic heterocycles. The Kier molecular flexibility index (Phi) is 14.6. The van der Waals surface area contributed by atoms with Gasteiger partial charge in [-0.3, -0.25) is 4.79 Å². The second-order valence-corrected chi connectivity index (χ2v) is 4.57. The number of allylic oxidation sites excluding steroid dienone is 5. The molecule has 0 radical (unpaired) electrons. The van der Waals surface area contributed by atoms with Gasteiger partial charge in [0.05, 0.1) is 7.11 Å². The summed E-state index contributed by atoms with van der Waals surface area (Å²) in [6.07, 6.45) is 20.1. The lowest BCUT2D eigenvalue weighted by atomic mass is 10.1. The summed E-state index contributed by atoms with van der Waals surface area (Å²) in [4.78, 5) is 10.9. The molecule has 0 saturated heterocycles. The molecule has 3 heteroatoms. The van der Waals surface area contributed by atoms with Crippen molar-refractivity contribution in [3.63, 3.8) is 0 Å². The number of carbonyl (C=O) groups excluding carboxylic acids is 1. The molecule has 1 N–H and O–H groups in total. The molecule has 114 valence electrons. The number of unbranched alkanes of at least 4 members (excludes halogenated alkanes) is 3. The van der Waals surface area contributed by atoms with Crippen LogP contribution in [-0.2, 0) is 9.53 Å². The smallest absolute Gasteiger partial charge is 0.305 e. The van der Waals surface area contributed by atoms with Crippen LogP contribution in [0, 0.1) is 0 Å². The SMILES string of the molecule is COC(=O)CCCCC/C=C\C/C=C\C/C=C\CCO. The van der Waals surface area contributed by atoms with Gasteiger partial charge < -0.3 is 9.84 Å². The molecule has 3 nitrogen and oxygen atoms in total. The van der Waals surface area contributed by atoms with Crippen LogP contribution < -0.4 is 0 Å². The van der Waals surface area contributed by atoms with E-state index in [1.165, 1.54) is 7.11 Å². The topological polar surface area (TPSA) is 46.5 Å². The Morgan fingerprint density at radius 3 is 2.10 bits per heavy atom. The van der Waals surface area contributed by atoms with Crippen molar-refractivity contribution in [1.82, 2.24) is 0 Å². The summed E-state index contributed by atoms with van der Waals surface area (Å²) in [7, 11) is 1.43. The van der Waals surface area contributed by atoms with Crippen LogP contribution in [0.5, 0.6) is 0 Å². The zero-order valence-electron chi connectivity index (χ0n) is 12.6. The molecule has 0 saturated carbocycles. The summed E-state index contributed by atoms with van der Waals surface area (Å²) in [6.45, 7) is 0.225. The number of hydrogen-bond donors (Lipinski definition) is 1. The average molecular weight is 280 g/mol. The van der Waals surface area contributed by atoms with Crippen molar-refractivity contribution in [2.45, 2.75) is 51.4 Å². The van der Waals surface area contributed by atoms with E-state index >= 15 is 0 Å². The molecule has 0 aromatic heterocycles. The highest BCUT2D eigenvalue weighted by molar-refractivity contribution is 5.68. The largest absolute Gasteiger partial charge is 0.469 e. The monoisotopic (exact) mass is 280 g/mol. The molecule has 0 bridgehead atoms. The molecule has 0 amide bonds. The van der Waals surface area contributed by atoms with Crippen molar-refractivity contribution in [3.8, 4) is 0 Å². The third kappa shape index (κ3) is 14.7. The van der Waals surface area contributed by atoms with E-state index in [0.717, 1.165) is 44.9 Å². The van der Waals surface area contributed by atoms with Gasteiger partial charge in [0.2, 0.25) is 0 Å². The Morgan fingerprint density at radius 2 is 1.50 bits per heavy atom. The van der Waals surface area contributed by atoms with Crippen molar-refractivity contribution < 1.29 is 14.6 Å². The van der Waals surface area contributed by atoms with E-state index in [0.29, 0.717) is 6.42 Å². The molecular formula is C17H28O3. The quantitative estimate of drug-likeness (QED) is 0.334. The molecule has 0 aromatic rings. The standard InChI is InChI=1S/C17H28O3/c1-20-17(19)15-13-11-9-7-5-3-2-4-6-8-10-12-14-16-18/h3-6,10,12,18H,2,7-9,11,13-16H2,1H3/b5-3-,6-4-,12-10-. The minimum Gasteiger partial charge on any atom is -0.469 e. The zero-order chi connectivity index (χ0) is 14.9. The van der Waals surface area contributed by atoms with Crippen molar-refractivity contribution in [2.24, 2.45) is 0 Å². The van der Waals surface area contributed by atoms with Crippen molar-refractivity contribution >= 4 is 5.97 Å². The first-order valence-corrected chi connectivity index (χ1v) is 7.44. The van der Waals surface area contributed by atoms with Crippen LogP contribution in [0.25, 0.3) is 0 Å². The minimum atomic E-state index is -0.112. The number of ether oxygens (including phenoxy) is 1. The van der Waals surface area contributed by atoms with Gasteiger partial charge in [-0.05, 0) is 38.5 Å². The van der Waals surface area contributed by atoms with Crippen LogP contribution >= 0.6 is 0 Å². The average Bonchev–Trinajstić information content (AvgIpc) is 2.47. The Labute approximate surface area is 123 Å². The van der Waals surface area contributed by atoms with Crippen LogP contribution in [-0.4, -0.2) is 24.8 Å². The second-order valence-electron chi connectivity index (χ2n) is 4.57. The number of methoxy groups -OCH3 is 1. The molecule has 0 spiro atoms. The lowest BCUT2D eigenvalue weighted by molar-refractivity contribution is -0.140. The maximum atomic E-state index is 10.9. The van der Waals surface area contributed by atoms with Crippen LogP contribution in [0.15, 0.2) is 36.5 Å². The third-order valence-electron chi connectivity index (χ3n) is 2.82. The van der Waals surface area contributed by atoms with Gasteiger partial charge in [-0.15, -0.1) is 0 Å². The molecule has 0 aliphatic carbocycles. The van der Waals surface area contributed by atoms with Gasteiger partial charge in [0.1, 0.15) is 0 Å². The number of aliphatic hydroxyl groups is 1. The second kappa shape index (κ2) is 15.7. The third-order valence-corrected chi connectivity index (χ3v) is 2.82. The van der Waals surface area contributed by atoms with Crippen molar-refractivity contribution in [2.75, 3.05) is 13.7 Å². The number of hydrogen-bond acceptors (Lipinski definition) is 3. The Balaban J connectivity index is 3.31. The van der Waals surface area contributed by atoms with Gasteiger partial charge in [0, 0.05) is 13.0 Å². The highest BCUT2D eigenvalue weighted by Gasteiger charge is 1.97. The van der Waals surface area contributed by atoms with E-state index < -0.39 is 0 Å². The number of aliphatic hydroxyl groups excluding tert-OH is 1. The lowest BCUT2D eigenvalue weighted by Crippen LogP contribution is -1.98. The Hall–Kier alpha value is -1.35. The molecule has 0 aliphatic rings. The summed E-state index contributed by atoms with van der Waals surface area (Å²) in [5.74, 6) is -0.112. The molecule has 0 unspecified atom stereocenters. The Bertz CT molecular complexity index is 303. The first kappa shape index (κ1) is 18.7. The normalized spacial score (nSPS) is 11.9. The van der Waals surface area contributed by atoms with Gasteiger partial charge in [-0.25, -0.2) is 0 Å². The fraction of sp³-hybridized carbons (Fsp3) is 0.588. The molecule has 0 aromatic carbocycles. The summed E-state index contributed by atoms with van der Waals surface area (Å²) in [5, 5.41) is 8.58. The predicted octanol–water partition coefficient (Wildman–Crippen LogP) is 3.94. The summed E-state index contributed by atoms with van der Waals surface area (Å²) in [6, 6.07) is 0. The van der Waals surface area contributed by atoms with Crippen LogP contribution in [0.3, 0.4) is 0 Å². The first-order chi connectivity index (χ1) is 9.81. The maximum Gasteiger partial charge on any atom is 0.305 e. The van der Waals surface area contributed by atoms with E-state index in [-0.39, 0.29) is 12.6 Å². The summed E-state index contributed by atoms with van der Waals surface area (Å²) < 4.78 is 4.59. The van der Waals surface area contributed by atoms with E-state index in [4.69, 9.17) is 5.11 Å². The van der Waals surface area contributed by atoms with E-state index in [1.807, 2.05) is 6.08 Å². The Morgan fingerprint density at radius 1 is 0.900 bits per heavy atom. The fourth-order valence-corrected chi connectivity index (χ4v) is 1.66. The van der Waals surface area contributed by atoms with Crippen LogP contribution in [0.4, 0.5) is 0 Å². The van der Waals surface area contributed by atoms with Gasteiger partial charge in [-0.1, -0.05) is 42.9 Å². The van der Waals surface area contributed by atoms with Gasteiger partial charge >= 0.3 is 5.97 Å². The molecule has 0 rings (SSSR count). The highest BCUT2D eigenvalue weighted by Crippen LogP contribution is 2.05. The van der Waals surface area contributed by atoms with Gasteiger partial charge in [0.25, 0.3) is 0 Å². The minimum absolute atomic E-state index is 0.112. The van der Waals surface area contributed by atoms with Crippen LogP contribution in [0.1, 0.15) is 51.4 Å². The fourth-order valence-electron chi connectivity index (χ4n) is 1.66. The van der Waals surface area contributed by atoms with Crippen LogP contribution in [0.2, 0.25) is 0 Å². The molecule has 0 heterocycles. The molecule has 0 fully saturated rings. The van der Waals surface area contributed by atoms with E-state index in [1.54, 1.807) is 0 Å². The summed E-state index contributed by atoms with van der Waals surface area (Å²) >= 11 is 0. The first-order valence-electron chi connectivity index (χ1n) is 7.44. The predicted molar refractivity (Wildman–Crippen MR) is 83.5 cm³/mol. The van der Waals surface area contributed by atoms with Gasteiger partial charge in [0.15, 0.2) is 0 Å². The molecule has 20 heavy (non-hydrogen) atoms. The van der Waals surface area contributed by atoms with Crippen molar-refractivity contribution in [3.05, 3.63) is 36.5 Å². The van der Waals surface area contributed by atoms with E-state index in [9.17, 15) is 4.79 Å². The maximum absolute atomic E-state index is 10.9. The summed E-state index contributed by atoms with van der Waals surface area (Å²) in [5.41, 5.74) is 0. The van der Waals surface area contributed by atoms with Gasteiger partial charge in [-0.2, -0.15) is 0 Å². The van der Waals surface area contributed by atoms with E-state index in [2.05, 4.69) is 35.1 Å².